The average Bonchev–Trinajstić information content (AvgIpc) is 2.29. The summed E-state index contributed by atoms with van der Waals surface area (Å²) >= 11 is 6.08. The molecule has 5 heteroatoms. The zero-order valence-electron chi connectivity index (χ0n) is 10.3. The normalized spacial score (nSPS) is 11.3. The zero-order valence-corrected chi connectivity index (χ0v) is 11.0. The predicted octanol–water partition coefficient (Wildman–Crippen LogP) is 2.65. The van der Waals surface area contributed by atoms with Crippen molar-refractivity contribution in [2.75, 3.05) is 0 Å². The molecule has 0 aliphatic heterocycles. The van der Waals surface area contributed by atoms with E-state index in [1.165, 1.54) is 4.57 Å². The second-order valence-electron chi connectivity index (χ2n) is 4.63. The minimum atomic E-state index is -0.652. The van der Waals surface area contributed by atoms with Crippen LogP contribution in [-0.2, 0) is 6.54 Å². The largest absolute Gasteiger partial charge is 0.422 e. The van der Waals surface area contributed by atoms with E-state index in [1.54, 1.807) is 18.2 Å². The molecule has 0 amide bonds. The van der Waals surface area contributed by atoms with Gasteiger partial charge in [0.1, 0.15) is 0 Å². The van der Waals surface area contributed by atoms with Crippen LogP contribution in [-0.4, -0.2) is 4.57 Å². The van der Waals surface area contributed by atoms with Gasteiger partial charge in [-0.05, 0) is 24.5 Å². The number of rotatable bonds is 3. The van der Waals surface area contributed by atoms with Gasteiger partial charge in [0.15, 0.2) is 0 Å². The van der Waals surface area contributed by atoms with Crippen LogP contribution in [0.15, 0.2) is 32.2 Å². The summed E-state index contributed by atoms with van der Waals surface area (Å²) in [5.41, 5.74) is -0.181. The quantitative estimate of drug-likeness (QED) is 0.859. The standard InChI is InChI=1S/C13H14ClNO3/c1-8(2)6-7-15-11-9(4-3-5-10(11)14)12(16)18-13(15)17/h3-5,8H,6-7H2,1-2H3. The van der Waals surface area contributed by atoms with E-state index in [4.69, 9.17) is 16.0 Å². The van der Waals surface area contributed by atoms with Gasteiger partial charge < -0.3 is 4.42 Å². The summed E-state index contributed by atoms with van der Waals surface area (Å²) in [5, 5.41) is 0.729. The van der Waals surface area contributed by atoms with Crippen molar-refractivity contribution >= 4 is 22.5 Å². The Morgan fingerprint density at radius 1 is 1.33 bits per heavy atom. The van der Waals surface area contributed by atoms with Gasteiger partial charge in [-0.15, -0.1) is 0 Å². The van der Waals surface area contributed by atoms with Gasteiger partial charge in [-0.2, -0.15) is 0 Å². The molecule has 1 heterocycles. The van der Waals surface area contributed by atoms with E-state index in [0.717, 1.165) is 6.42 Å². The fraction of sp³-hybridized carbons (Fsp3) is 0.385. The van der Waals surface area contributed by atoms with Crippen molar-refractivity contribution in [1.82, 2.24) is 4.57 Å². The Hall–Kier alpha value is -1.55. The first-order valence-electron chi connectivity index (χ1n) is 5.83. The summed E-state index contributed by atoms with van der Waals surface area (Å²) in [6.07, 6.45) is 0.813. The van der Waals surface area contributed by atoms with Crippen LogP contribution in [0.1, 0.15) is 20.3 Å². The van der Waals surface area contributed by atoms with Gasteiger partial charge in [0.05, 0.1) is 15.9 Å². The number of benzene rings is 1. The predicted molar refractivity (Wildman–Crippen MR) is 71.2 cm³/mol. The van der Waals surface area contributed by atoms with Gasteiger partial charge in [0.25, 0.3) is 0 Å². The number of para-hydroxylation sites is 1. The van der Waals surface area contributed by atoms with Gasteiger partial charge in [0.2, 0.25) is 0 Å². The molecule has 0 unspecified atom stereocenters. The Morgan fingerprint density at radius 2 is 2.06 bits per heavy atom. The average molecular weight is 268 g/mol. The van der Waals surface area contributed by atoms with Crippen molar-refractivity contribution in [1.29, 1.82) is 0 Å². The lowest BCUT2D eigenvalue weighted by Gasteiger charge is -2.10. The molecule has 4 nitrogen and oxygen atoms in total. The Morgan fingerprint density at radius 3 is 2.72 bits per heavy atom. The third-order valence-electron chi connectivity index (χ3n) is 2.81. The van der Waals surface area contributed by atoms with Crippen LogP contribution in [0.5, 0.6) is 0 Å². The van der Waals surface area contributed by atoms with Crippen LogP contribution in [0, 0.1) is 5.92 Å². The summed E-state index contributed by atoms with van der Waals surface area (Å²) in [7, 11) is 0. The smallest absolute Gasteiger partial charge is 0.372 e. The van der Waals surface area contributed by atoms with E-state index < -0.39 is 11.4 Å². The molecule has 0 N–H and O–H groups in total. The summed E-state index contributed by atoms with van der Waals surface area (Å²) in [4.78, 5) is 23.4. The number of aromatic nitrogens is 1. The first-order valence-corrected chi connectivity index (χ1v) is 6.20. The SMILES string of the molecule is CC(C)CCn1c(=O)oc(=O)c2cccc(Cl)c21. The van der Waals surface area contributed by atoms with Crippen LogP contribution in [0.25, 0.3) is 10.9 Å². The highest BCUT2D eigenvalue weighted by Crippen LogP contribution is 2.20. The molecule has 1 aromatic carbocycles. The zero-order chi connectivity index (χ0) is 13.3. The molecule has 0 saturated heterocycles. The van der Waals surface area contributed by atoms with Crippen molar-refractivity contribution in [3.63, 3.8) is 0 Å². The van der Waals surface area contributed by atoms with Crippen LogP contribution in [0.2, 0.25) is 5.02 Å². The molecule has 0 spiro atoms. The highest BCUT2D eigenvalue weighted by atomic mass is 35.5. The molecule has 0 bridgehead atoms. The Labute approximate surface area is 109 Å². The Kier molecular flexibility index (Phi) is 3.57. The molecule has 2 aromatic rings. The number of fused-ring (bicyclic) bond motifs is 1. The molecular formula is C13H14ClNO3. The molecular weight excluding hydrogens is 254 g/mol. The summed E-state index contributed by atoms with van der Waals surface area (Å²) in [6, 6.07) is 4.94. The van der Waals surface area contributed by atoms with Crippen molar-refractivity contribution in [3.05, 3.63) is 44.2 Å². The van der Waals surface area contributed by atoms with E-state index in [0.29, 0.717) is 28.4 Å². The van der Waals surface area contributed by atoms with Crippen LogP contribution in [0.4, 0.5) is 0 Å². The van der Waals surface area contributed by atoms with E-state index in [1.807, 2.05) is 0 Å². The van der Waals surface area contributed by atoms with Crippen molar-refractivity contribution in [2.24, 2.45) is 5.92 Å². The van der Waals surface area contributed by atoms with Crippen molar-refractivity contribution < 1.29 is 4.42 Å². The van der Waals surface area contributed by atoms with Gasteiger partial charge in [0, 0.05) is 6.54 Å². The fourth-order valence-electron chi connectivity index (χ4n) is 1.83. The first-order chi connectivity index (χ1) is 8.50. The minimum absolute atomic E-state index is 0.339. The van der Waals surface area contributed by atoms with Crippen LogP contribution < -0.4 is 11.4 Å². The van der Waals surface area contributed by atoms with E-state index in [-0.39, 0.29) is 0 Å². The highest BCUT2D eigenvalue weighted by molar-refractivity contribution is 6.35. The number of halogens is 1. The lowest BCUT2D eigenvalue weighted by molar-refractivity contribution is 0.400. The van der Waals surface area contributed by atoms with E-state index in [2.05, 4.69) is 13.8 Å². The third kappa shape index (κ3) is 2.34. The highest BCUT2D eigenvalue weighted by Gasteiger charge is 2.12. The lowest BCUT2D eigenvalue weighted by atomic mass is 10.1. The van der Waals surface area contributed by atoms with Gasteiger partial charge in [-0.1, -0.05) is 31.5 Å². The lowest BCUT2D eigenvalue weighted by Crippen LogP contribution is -2.25. The summed E-state index contributed by atoms with van der Waals surface area (Å²) in [6.45, 7) is 4.61. The molecule has 0 aliphatic rings. The number of aryl methyl sites for hydroxylation is 1. The van der Waals surface area contributed by atoms with Crippen LogP contribution in [0.3, 0.4) is 0 Å². The number of hydrogen-bond acceptors (Lipinski definition) is 3. The van der Waals surface area contributed by atoms with Crippen LogP contribution >= 0.6 is 11.6 Å². The molecule has 2 rings (SSSR count). The minimum Gasteiger partial charge on any atom is -0.372 e. The van der Waals surface area contributed by atoms with E-state index in [9.17, 15) is 9.59 Å². The molecule has 1 aromatic heterocycles. The third-order valence-corrected chi connectivity index (χ3v) is 3.11. The summed E-state index contributed by atoms with van der Waals surface area (Å²) in [5.74, 6) is -0.206. The molecule has 0 saturated carbocycles. The molecule has 0 radical (unpaired) electrons. The van der Waals surface area contributed by atoms with Gasteiger partial charge in [-0.25, -0.2) is 9.59 Å². The topological polar surface area (TPSA) is 52.2 Å². The molecule has 18 heavy (non-hydrogen) atoms. The Bertz CT molecular complexity index is 685. The summed E-state index contributed by atoms with van der Waals surface area (Å²) < 4.78 is 6.13. The second kappa shape index (κ2) is 4.98. The van der Waals surface area contributed by atoms with Gasteiger partial charge >= 0.3 is 11.4 Å². The van der Waals surface area contributed by atoms with Crippen molar-refractivity contribution in [2.45, 2.75) is 26.8 Å². The van der Waals surface area contributed by atoms with E-state index >= 15 is 0 Å². The molecule has 0 atom stereocenters. The Balaban J connectivity index is 2.71. The maximum atomic E-state index is 11.8. The maximum Gasteiger partial charge on any atom is 0.422 e. The van der Waals surface area contributed by atoms with Crippen molar-refractivity contribution in [3.8, 4) is 0 Å². The number of hydrogen-bond donors (Lipinski definition) is 0. The van der Waals surface area contributed by atoms with Gasteiger partial charge in [-0.3, -0.25) is 4.57 Å². The number of nitrogens with zero attached hydrogens (tertiary/aromatic N) is 1. The fourth-order valence-corrected chi connectivity index (χ4v) is 2.10. The molecule has 96 valence electrons. The second-order valence-corrected chi connectivity index (χ2v) is 5.03. The monoisotopic (exact) mass is 267 g/mol. The molecule has 0 fully saturated rings. The maximum absolute atomic E-state index is 11.8. The molecule has 0 aliphatic carbocycles. The first kappa shape index (κ1) is 12.9.